The molecule has 1 aromatic carbocycles. The number of anilines is 1. The number of nitrogens with zero attached hydrogens (tertiary/aromatic N) is 2. The average molecular weight is 249 g/mol. The number of benzene rings is 1. The highest BCUT2D eigenvalue weighted by Crippen LogP contribution is 2.29. The molecule has 2 rings (SSSR count). The van der Waals surface area contributed by atoms with Gasteiger partial charge in [0, 0.05) is 6.07 Å². The summed E-state index contributed by atoms with van der Waals surface area (Å²) in [5, 5.41) is 11.1. The lowest BCUT2D eigenvalue weighted by Crippen LogP contribution is -2.01. The van der Waals surface area contributed by atoms with Crippen molar-refractivity contribution in [3.63, 3.8) is 0 Å². The minimum atomic E-state index is -0.606. The van der Waals surface area contributed by atoms with Crippen LogP contribution in [0, 0.1) is 15.9 Å². The molecule has 0 amide bonds. The van der Waals surface area contributed by atoms with Crippen molar-refractivity contribution in [3.05, 3.63) is 39.7 Å². The Morgan fingerprint density at radius 1 is 1.50 bits per heavy atom. The van der Waals surface area contributed by atoms with E-state index in [4.69, 9.17) is 5.73 Å². The first kappa shape index (κ1) is 12.2. The Bertz CT molecular complexity index is 628. The highest BCUT2D eigenvalue weighted by atomic mass is 19.1. The molecule has 0 atom stereocenters. The number of nitro benzene ring substituents is 1. The molecular weight excluding hydrogens is 237 g/mol. The van der Waals surface area contributed by atoms with Crippen molar-refractivity contribution in [3.8, 4) is 0 Å². The van der Waals surface area contributed by atoms with Crippen molar-refractivity contribution in [1.82, 2.24) is 4.98 Å². The second-order valence-electron chi connectivity index (χ2n) is 4.00. The summed E-state index contributed by atoms with van der Waals surface area (Å²) >= 11 is 0. The number of non-ortho nitro benzene ring substituents is 1. The Balaban J connectivity index is 2.79. The molecule has 1 aromatic heterocycles. The maximum Gasteiger partial charge on any atom is 0.278 e. The monoisotopic (exact) mass is 249 g/mol. The summed E-state index contributed by atoms with van der Waals surface area (Å²) in [5.74, 6) is -0.380. The van der Waals surface area contributed by atoms with Crippen LogP contribution in [0.1, 0.15) is 18.9 Å². The van der Waals surface area contributed by atoms with Gasteiger partial charge in [-0.25, -0.2) is 9.37 Å². The fraction of sp³-hybridized carbons (Fsp3) is 0.250. The normalized spacial score (nSPS) is 10.8. The number of fused-ring (bicyclic) bond motifs is 1. The third-order valence-electron chi connectivity index (χ3n) is 2.74. The Morgan fingerprint density at radius 3 is 2.83 bits per heavy atom. The van der Waals surface area contributed by atoms with Gasteiger partial charge < -0.3 is 5.73 Å². The molecule has 2 N–H and O–H groups in total. The van der Waals surface area contributed by atoms with Gasteiger partial charge in [0.2, 0.25) is 0 Å². The summed E-state index contributed by atoms with van der Waals surface area (Å²) in [4.78, 5) is 14.3. The number of nitrogen functional groups attached to an aromatic ring is 1. The van der Waals surface area contributed by atoms with Gasteiger partial charge in [-0.05, 0) is 24.1 Å². The van der Waals surface area contributed by atoms with Gasteiger partial charge in [-0.2, -0.15) is 0 Å². The third-order valence-corrected chi connectivity index (χ3v) is 2.74. The molecule has 2 aromatic rings. The zero-order chi connectivity index (χ0) is 13.3. The van der Waals surface area contributed by atoms with Crippen LogP contribution in [-0.4, -0.2) is 9.91 Å². The van der Waals surface area contributed by atoms with Gasteiger partial charge in [0.05, 0.1) is 10.3 Å². The molecule has 6 heteroatoms. The summed E-state index contributed by atoms with van der Waals surface area (Å²) in [6, 6.07) is 3.74. The van der Waals surface area contributed by atoms with Gasteiger partial charge in [-0.1, -0.05) is 13.3 Å². The van der Waals surface area contributed by atoms with Gasteiger partial charge in [0.1, 0.15) is 17.2 Å². The lowest BCUT2D eigenvalue weighted by Gasteiger charge is -2.07. The Morgan fingerprint density at radius 2 is 2.22 bits per heavy atom. The minimum Gasteiger partial charge on any atom is -0.383 e. The summed E-state index contributed by atoms with van der Waals surface area (Å²) in [6.45, 7) is 1.96. The van der Waals surface area contributed by atoms with Crippen LogP contribution < -0.4 is 5.73 Å². The Labute approximate surface area is 103 Å². The number of nitrogens with two attached hydrogens (primary N) is 1. The number of hydrogen-bond acceptors (Lipinski definition) is 4. The van der Waals surface area contributed by atoms with Crippen LogP contribution in [0.3, 0.4) is 0 Å². The molecule has 0 spiro atoms. The van der Waals surface area contributed by atoms with Crippen molar-refractivity contribution in [2.75, 3.05) is 5.73 Å². The quantitative estimate of drug-likeness (QED) is 0.669. The van der Waals surface area contributed by atoms with E-state index in [0.29, 0.717) is 12.0 Å². The number of hydrogen-bond donors (Lipinski definition) is 1. The Hall–Kier alpha value is -2.24. The van der Waals surface area contributed by atoms with Crippen molar-refractivity contribution in [2.45, 2.75) is 19.8 Å². The van der Waals surface area contributed by atoms with E-state index in [2.05, 4.69) is 4.98 Å². The van der Waals surface area contributed by atoms with E-state index in [9.17, 15) is 14.5 Å². The molecule has 0 saturated heterocycles. The van der Waals surface area contributed by atoms with Crippen LogP contribution in [0.25, 0.3) is 10.9 Å². The smallest absolute Gasteiger partial charge is 0.278 e. The molecule has 94 valence electrons. The van der Waals surface area contributed by atoms with Crippen LogP contribution in [0.2, 0.25) is 0 Å². The van der Waals surface area contributed by atoms with Crippen LogP contribution in [0.15, 0.2) is 18.2 Å². The van der Waals surface area contributed by atoms with Crippen LogP contribution in [0.4, 0.5) is 15.9 Å². The number of aryl methyl sites for hydroxylation is 1. The van der Waals surface area contributed by atoms with E-state index in [1.54, 1.807) is 6.07 Å². The van der Waals surface area contributed by atoms with E-state index < -0.39 is 10.7 Å². The van der Waals surface area contributed by atoms with Gasteiger partial charge >= 0.3 is 0 Å². The predicted molar refractivity (Wildman–Crippen MR) is 66.8 cm³/mol. The van der Waals surface area contributed by atoms with E-state index in [0.717, 1.165) is 18.6 Å². The van der Waals surface area contributed by atoms with Crippen LogP contribution in [0.5, 0.6) is 0 Å². The largest absolute Gasteiger partial charge is 0.383 e. The lowest BCUT2D eigenvalue weighted by atomic mass is 10.1. The summed E-state index contributed by atoms with van der Waals surface area (Å²) < 4.78 is 13.6. The van der Waals surface area contributed by atoms with E-state index in [1.165, 1.54) is 0 Å². The van der Waals surface area contributed by atoms with E-state index in [-0.39, 0.29) is 22.4 Å². The van der Waals surface area contributed by atoms with Crippen LogP contribution in [-0.2, 0) is 6.42 Å². The molecular formula is C12H12FN3O2. The highest BCUT2D eigenvalue weighted by Gasteiger charge is 2.17. The molecule has 5 nitrogen and oxygen atoms in total. The van der Waals surface area contributed by atoms with Crippen molar-refractivity contribution in [2.24, 2.45) is 0 Å². The average Bonchev–Trinajstić information content (AvgIpc) is 2.31. The van der Waals surface area contributed by atoms with Gasteiger partial charge in [-0.15, -0.1) is 0 Å². The molecule has 18 heavy (non-hydrogen) atoms. The van der Waals surface area contributed by atoms with Crippen molar-refractivity contribution >= 4 is 22.4 Å². The van der Waals surface area contributed by atoms with E-state index in [1.807, 2.05) is 6.92 Å². The second kappa shape index (κ2) is 4.56. The fourth-order valence-electron chi connectivity index (χ4n) is 1.90. The number of halogens is 1. The minimum absolute atomic E-state index is 0.0541. The van der Waals surface area contributed by atoms with E-state index >= 15 is 0 Å². The summed E-state index contributed by atoms with van der Waals surface area (Å²) in [6.07, 6.45) is 1.49. The number of nitro groups is 1. The topological polar surface area (TPSA) is 82.0 Å². The van der Waals surface area contributed by atoms with Gasteiger partial charge in [-0.3, -0.25) is 10.1 Å². The third kappa shape index (κ3) is 1.97. The van der Waals surface area contributed by atoms with Gasteiger partial charge in [0.15, 0.2) is 0 Å². The zero-order valence-corrected chi connectivity index (χ0v) is 9.81. The Kier molecular flexibility index (Phi) is 3.10. The maximum absolute atomic E-state index is 13.6. The summed E-state index contributed by atoms with van der Waals surface area (Å²) in [7, 11) is 0. The highest BCUT2D eigenvalue weighted by molar-refractivity contribution is 5.90. The van der Waals surface area contributed by atoms with Crippen molar-refractivity contribution in [1.29, 1.82) is 0 Å². The molecule has 0 fully saturated rings. The summed E-state index contributed by atoms with van der Waals surface area (Å²) in [5.41, 5.74) is 6.22. The number of rotatable bonds is 3. The molecule has 0 saturated carbocycles. The molecule has 0 aliphatic rings. The number of aromatic nitrogens is 1. The lowest BCUT2D eigenvalue weighted by molar-refractivity contribution is -0.383. The first-order valence-corrected chi connectivity index (χ1v) is 5.56. The zero-order valence-electron chi connectivity index (χ0n) is 9.81. The molecule has 0 aliphatic carbocycles. The SMILES string of the molecule is CCCc1cc2c([N+](=O)[O-])ccc(F)c2nc1N. The predicted octanol–water partition coefficient (Wildman–Crippen LogP) is 2.82. The molecule has 1 heterocycles. The molecule has 0 radical (unpaired) electrons. The molecule has 0 unspecified atom stereocenters. The fourth-order valence-corrected chi connectivity index (χ4v) is 1.90. The van der Waals surface area contributed by atoms with Gasteiger partial charge in [0.25, 0.3) is 5.69 Å². The first-order valence-electron chi connectivity index (χ1n) is 5.56. The second-order valence-corrected chi connectivity index (χ2v) is 4.00. The molecule has 0 bridgehead atoms. The first-order chi connectivity index (χ1) is 8.54. The van der Waals surface area contributed by atoms with Crippen molar-refractivity contribution < 1.29 is 9.31 Å². The maximum atomic E-state index is 13.6. The number of pyridine rings is 1. The molecule has 0 aliphatic heterocycles. The van der Waals surface area contributed by atoms with Crippen LogP contribution >= 0.6 is 0 Å². The standard InChI is InChI=1S/C12H12FN3O2/c1-2-3-7-6-8-10(16(17)18)5-4-9(13)11(8)15-12(7)14/h4-6H,2-3H2,1H3,(H2,14,15).